The Bertz CT molecular complexity index is 1050. The van der Waals surface area contributed by atoms with Crippen LogP contribution in [0.5, 0.6) is 11.5 Å². The first-order valence-electron chi connectivity index (χ1n) is 12.4. The van der Waals surface area contributed by atoms with Crippen LogP contribution in [0.15, 0.2) is 42.5 Å². The summed E-state index contributed by atoms with van der Waals surface area (Å²) in [5, 5.41) is 3.11. The first-order valence-corrected chi connectivity index (χ1v) is 12.4. The predicted octanol–water partition coefficient (Wildman–Crippen LogP) is 4.21. The molecule has 5 rings (SSSR count). The third kappa shape index (κ3) is 4.89. The van der Waals surface area contributed by atoms with E-state index >= 15 is 0 Å². The molecule has 2 aliphatic heterocycles. The summed E-state index contributed by atoms with van der Waals surface area (Å²) in [5.74, 6) is 0.763. The van der Waals surface area contributed by atoms with Crippen molar-refractivity contribution in [2.75, 3.05) is 37.0 Å². The van der Waals surface area contributed by atoms with E-state index in [1.165, 1.54) is 32.1 Å². The molecule has 0 spiro atoms. The van der Waals surface area contributed by atoms with Gasteiger partial charge in [0.15, 0.2) is 11.5 Å². The molecular formula is C27H33N3O4. The molecule has 1 atom stereocenters. The molecule has 3 aliphatic rings. The van der Waals surface area contributed by atoms with Crippen LogP contribution < -0.4 is 19.7 Å². The highest BCUT2D eigenvalue weighted by molar-refractivity contribution is 6.03. The van der Waals surface area contributed by atoms with Gasteiger partial charge >= 0.3 is 0 Å². The summed E-state index contributed by atoms with van der Waals surface area (Å²) in [6.07, 6.45) is 6.60. The molecule has 2 aromatic rings. The van der Waals surface area contributed by atoms with Gasteiger partial charge in [0.25, 0.3) is 0 Å². The summed E-state index contributed by atoms with van der Waals surface area (Å²) in [6.45, 7) is 2.17. The van der Waals surface area contributed by atoms with Gasteiger partial charge in [-0.25, -0.2) is 0 Å². The Morgan fingerprint density at radius 3 is 2.65 bits per heavy atom. The monoisotopic (exact) mass is 463 g/mol. The number of fused-ring (bicyclic) bond motifs is 1. The minimum Gasteiger partial charge on any atom is -0.486 e. The molecule has 2 amide bonds. The lowest BCUT2D eigenvalue weighted by molar-refractivity contribution is -0.122. The van der Waals surface area contributed by atoms with Crippen molar-refractivity contribution in [3.8, 4) is 11.5 Å². The summed E-state index contributed by atoms with van der Waals surface area (Å²) in [4.78, 5) is 30.0. The van der Waals surface area contributed by atoms with Gasteiger partial charge in [0.05, 0.1) is 5.92 Å². The molecule has 34 heavy (non-hydrogen) atoms. The normalized spacial score (nSPS) is 20.6. The standard InChI is InChI=1S/C27H33N3O4/c1-29(21-8-3-2-4-9-21)17-19-7-5-6-10-23(19)28-27(32)20-15-26(31)30(18-20)22-11-12-24-25(16-22)34-14-13-33-24/h5-7,10-12,16,20-21H,2-4,8-9,13-15,17-18H2,1H3,(H,28,32). The number of hydrogen-bond acceptors (Lipinski definition) is 5. The van der Waals surface area contributed by atoms with Gasteiger partial charge in [-0.2, -0.15) is 0 Å². The van der Waals surface area contributed by atoms with Crippen molar-refractivity contribution >= 4 is 23.2 Å². The first-order chi connectivity index (χ1) is 16.6. The van der Waals surface area contributed by atoms with Crippen LogP contribution in [0.4, 0.5) is 11.4 Å². The molecular weight excluding hydrogens is 430 g/mol. The molecule has 2 heterocycles. The van der Waals surface area contributed by atoms with Crippen molar-refractivity contribution in [1.82, 2.24) is 4.90 Å². The van der Waals surface area contributed by atoms with Gasteiger partial charge in [-0.05, 0) is 43.7 Å². The van der Waals surface area contributed by atoms with Gasteiger partial charge in [0.2, 0.25) is 11.8 Å². The molecule has 1 saturated carbocycles. The maximum absolute atomic E-state index is 13.2. The number of anilines is 2. The first kappa shape index (κ1) is 22.7. The molecule has 0 aromatic heterocycles. The molecule has 2 fully saturated rings. The number of ether oxygens (including phenoxy) is 2. The Balaban J connectivity index is 1.24. The predicted molar refractivity (Wildman–Crippen MR) is 131 cm³/mol. The molecule has 180 valence electrons. The van der Waals surface area contributed by atoms with Gasteiger partial charge in [-0.15, -0.1) is 0 Å². The molecule has 1 aliphatic carbocycles. The van der Waals surface area contributed by atoms with Gasteiger partial charge in [0.1, 0.15) is 13.2 Å². The van der Waals surface area contributed by atoms with Crippen LogP contribution in [-0.2, 0) is 16.1 Å². The molecule has 7 nitrogen and oxygen atoms in total. The van der Waals surface area contributed by atoms with E-state index in [-0.39, 0.29) is 18.2 Å². The smallest absolute Gasteiger partial charge is 0.229 e. The molecule has 1 N–H and O–H groups in total. The van der Waals surface area contributed by atoms with Gasteiger partial charge in [-0.3, -0.25) is 14.5 Å². The van der Waals surface area contributed by atoms with Crippen molar-refractivity contribution in [3.63, 3.8) is 0 Å². The zero-order chi connectivity index (χ0) is 23.5. The van der Waals surface area contributed by atoms with Crippen LogP contribution in [0, 0.1) is 5.92 Å². The van der Waals surface area contributed by atoms with Crippen molar-refractivity contribution in [2.45, 2.75) is 51.1 Å². The number of rotatable bonds is 6. The third-order valence-electron chi connectivity index (χ3n) is 7.23. The number of nitrogens with zero attached hydrogens (tertiary/aromatic N) is 2. The molecule has 0 bridgehead atoms. The van der Waals surface area contributed by atoms with Crippen molar-refractivity contribution in [2.24, 2.45) is 5.92 Å². The molecule has 2 aromatic carbocycles. The second-order valence-electron chi connectivity index (χ2n) is 9.59. The molecule has 7 heteroatoms. The van der Waals surface area contributed by atoms with Gasteiger partial charge < -0.3 is 19.7 Å². The highest BCUT2D eigenvalue weighted by atomic mass is 16.6. The number of hydrogen-bond donors (Lipinski definition) is 1. The summed E-state index contributed by atoms with van der Waals surface area (Å²) >= 11 is 0. The lowest BCUT2D eigenvalue weighted by Crippen LogP contribution is -2.33. The highest BCUT2D eigenvalue weighted by Gasteiger charge is 2.36. The highest BCUT2D eigenvalue weighted by Crippen LogP contribution is 2.36. The molecule has 1 saturated heterocycles. The number of benzene rings is 2. The Hall–Kier alpha value is -3.06. The second-order valence-corrected chi connectivity index (χ2v) is 9.59. The zero-order valence-corrected chi connectivity index (χ0v) is 19.8. The average molecular weight is 464 g/mol. The number of carbonyl (C=O) groups is 2. The zero-order valence-electron chi connectivity index (χ0n) is 19.8. The summed E-state index contributed by atoms with van der Waals surface area (Å²) < 4.78 is 11.2. The van der Waals surface area contributed by atoms with E-state index in [2.05, 4.69) is 23.3 Å². The lowest BCUT2D eigenvalue weighted by atomic mass is 9.94. The van der Waals surface area contributed by atoms with Crippen LogP contribution >= 0.6 is 0 Å². The third-order valence-corrected chi connectivity index (χ3v) is 7.23. The van der Waals surface area contributed by atoms with Gasteiger partial charge in [-0.1, -0.05) is 37.5 Å². The van der Waals surface area contributed by atoms with Crippen LogP contribution in [-0.4, -0.2) is 49.6 Å². The Labute approximate surface area is 201 Å². The average Bonchev–Trinajstić information content (AvgIpc) is 3.27. The minimum atomic E-state index is -0.398. The van der Waals surface area contributed by atoms with Crippen molar-refractivity contribution in [3.05, 3.63) is 48.0 Å². The Morgan fingerprint density at radius 1 is 1.06 bits per heavy atom. The number of nitrogens with one attached hydrogen (secondary N) is 1. The fraction of sp³-hybridized carbons (Fsp3) is 0.481. The summed E-state index contributed by atoms with van der Waals surface area (Å²) in [6, 6.07) is 14.1. The summed E-state index contributed by atoms with van der Waals surface area (Å²) in [7, 11) is 2.18. The molecule has 1 unspecified atom stereocenters. The number of carbonyl (C=O) groups excluding carboxylic acids is 2. The maximum Gasteiger partial charge on any atom is 0.229 e. The van der Waals surface area contributed by atoms with Crippen molar-refractivity contribution in [1.29, 1.82) is 0 Å². The number of amides is 2. The van der Waals surface area contributed by atoms with E-state index in [1.807, 2.05) is 36.4 Å². The van der Waals surface area contributed by atoms with E-state index in [0.717, 1.165) is 23.5 Å². The van der Waals surface area contributed by atoms with E-state index in [0.29, 0.717) is 37.3 Å². The van der Waals surface area contributed by atoms with Crippen LogP contribution in [0.3, 0.4) is 0 Å². The Kier molecular flexibility index (Phi) is 6.72. The quantitative estimate of drug-likeness (QED) is 0.695. The van der Waals surface area contributed by atoms with E-state index in [1.54, 1.807) is 4.90 Å². The van der Waals surface area contributed by atoms with Crippen LogP contribution in [0.1, 0.15) is 44.1 Å². The van der Waals surface area contributed by atoms with E-state index in [9.17, 15) is 9.59 Å². The largest absolute Gasteiger partial charge is 0.486 e. The van der Waals surface area contributed by atoms with Crippen molar-refractivity contribution < 1.29 is 19.1 Å². The topological polar surface area (TPSA) is 71.1 Å². The van der Waals surface area contributed by atoms with E-state index in [4.69, 9.17) is 9.47 Å². The number of para-hydroxylation sites is 1. The maximum atomic E-state index is 13.2. The lowest BCUT2D eigenvalue weighted by Gasteiger charge is -2.31. The van der Waals surface area contributed by atoms with Gasteiger partial charge in [0, 0.05) is 43.0 Å². The van der Waals surface area contributed by atoms with E-state index < -0.39 is 5.92 Å². The minimum absolute atomic E-state index is 0.0536. The fourth-order valence-electron chi connectivity index (χ4n) is 5.27. The fourth-order valence-corrected chi connectivity index (χ4v) is 5.27. The molecule has 0 radical (unpaired) electrons. The van der Waals surface area contributed by atoms with Crippen LogP contribution in [0.25, 0.3) is 0 Å². The summed E-state index contributed by atoms with van der Waals surface area (Å²) in [5.41, 5.74) is 2.68. The van der Waals surface area contributed by atoms with Crippen LogP contribution in [0.2, 0.25) is 0 Å². The second kappa shape index (κ2) is 10.1. The SMILES string of the molecule is CN(Cc1ccccc1NC(=O)C1CC(=O)N(c2ccc3c(c2)OCCO3)C1)C1CCCCC1. The Morgan fingerprint density at radius 2 is 1.82 bits per heavy atom.